The van der Waals surface area contributed by atoms with E-state index in [9.17, 15) is 9.59 Å². The minimum Gasteiger partial charge on any atom is -0.459 e. The number of amides is 2. The zero-order valence-electron chi connectivity index (χ0n) is 11.6. The van der Waals surface area contributed by atoms with Gasteiger partial charge in [0.15, 0.2) is 0 Å². The van der Waals surface area contributed by atoms with Crippen molar-refractivity contribution in [2.75, 3.05) is 11.9 Å². The molecule has 0 saturated heterocycles. The number of aromatic nitrogens is 1. The standard InChI is InChI=1S/C13H19N3O3/c1-9-7-14-6-5-10(9)16-12(18)15-8-11(17)19-13(2,3)4/h5-7H,8H2,1-4H3,(H2,14,15,16,18). The molecule has 0 aliphatic rings. The highest BCUT2D eigenvalue weighted by molar-refractivity contribution is 5.91. The first-order valence-corrected chi connectivity index (χ1v) is 5.95. The van der Waals surface area contributed by atoms with E-state index in [0.717, 1.165) is 5.56 Å². The average Bonchev–Trinajstić information content (AvgIpc) is 2.27. The lowest BCUT2D eigenvalue weighted by molar-refractivity contribution is -0.153. The van der Waals surface area contributed by atoms with Gasteiger partial charge in [0.05, 0.1) is 0 Å². The van der Waals surface area contributed by atoms with E-state index in [2.05, 4.69) is 15.6 Å². The van der Waals surface area contributed by atoms with Crippen LogP contribution in [0.1, 0.15) is 26.3 Å². The fourth-order valence-corrected chi connectivity index (χ4v) is 1.31. The number of pyridine rings is 1. The molecule has 0 fully saturated rings. The van der Waals surface area contributed by atoms with E-state index >= 15 is 0 Å². The lowest BCUT2D eigenvalue weighted by Gasteiger charge is -2.19. The third-order valence-corrected chi connectivity index (χ3v) is 2.08. The first kappa shape index (κ1) is 14.9. The SMILES string of the molecule is Cc1cnccc1NC(=O)NCC(=O)OC(C)(C)C. The quantitative estimate of drug-likeness (QED) is 0.817. The first-order valence-electron chi connectivity index (χ1n) is 5.95. The zero-order chi connectivity index (χ0) is 14.5. The Morgan fingerprint density at radius 2 is 2.05 bits per heavy atom. The van der Waals surface area contributed by atoms with Gasteiger partial charge in [0.1, 0.15) is 12.1 Å². The topological polar surface area (TPSA) is 80.3 Å². The number of aryl methyl sites for hydroxylation is 1. The van der Waals surface area contributed by atoms with Crippen molar-refractivity contribution >= 4 is 17.7 Å². The first-order chi connectivity index (χ1) is 8.78. The molecule has 0 spiro atoms. The molecule has 1 heterocycles. The third kappa shape index (κ3) is 5.85. The third-order valence-electron chi connectivity index (χ3n) is 2.08. The Morgan fingerprint density at radius 3 is 2.63 bits per heavy atom. The summed E-state index contributed by atoms with van der Waals surface area (Å²) >= 11 is 0. The van der Waals surface area contributed by atoms with E-state index < -0.39 is 17.6 Å². The van der Waals surface area contributed by atoms with Crippen molar-refractivity contribution in [2.24, 2.45) is 0 Å². The molecular weight excluding hydrogens is 246 g/mol. The van der Waals surface area contributed by atoms with Gasteiger partial charge in [0.25, 0.3) is 0 Å². The smallest absolute Gasteiger partial charge is 0.325 e. The molecule has 19 heavy (non-hydrogen) atoms. The van der Waals surface area contributed by atoms with Gasteiger partial charge in [-0.1, -0.05) is 0 Å². The molecule has 2 N–H and O–H groups in total. The highest BCUT2D eigenvalue weighted by atomic mass is 16.6. The summed E-state index contributed by atoms with van der Waals surface area (Å²) in [6.07, 6.45) is 3.22. The lowest BCUT2D eigenvalue weighted by Crippen LogP contribution is -2.37. The summed E-state index contributed by atoms with van der Waals surface area (Å²) in [5.41, 5.74) is 0.934. The molecule has 0 saturated carbocycles. The molecule has 6 nitrogen and oxygen atoms in total. The number of ether oxygens (including phenoxy) is 1. The molecule has 0 radical (unpaired) electrons. The van der Waals surface area contributed by atoms with Gasteiger partial charge in [-0.3, -0.25) is 9.78 Å². The molecule has 1 aromatic heterocycles. The number of anilines is 1. The van der Waals surface area contributed by atoms with E-state index in [1.165, 1.54) is 0 Å². The van der Waals surface area contributed by atoms with Gasteiger partial charge < -0.3 is 15.4 Å². The van der Waals surface area contributed by atoms with Crippen LogP contribution < -0.4 is 10.6 Å². The van der Waals surface area contributed by atoms with E-state index in [1.54, 1.807) is 39.2 Å². The Bertz CT molecular complexity index is 466. The highest BCUT2D eigenvalue weighted by Crippen LogP contribution is 2.11. The fraction of sp³-hybridized carbons (Fsp3) is 0.462. The molecule has 1 aromatic rings. The number of hydrogen-bond donors (Lipinski definition) is 2. The Labute approximate surface area is 112 Å². The summed E-state index contributed by atoms with van der Waals surface area (Å²) in [7, 11) is 0. The number of carbonyl (C=O) groups excluding carboxylic acids is 2. The minimum atomic E-state index is -0.559. The van der Waals surface area contributed by atoms with Gasteiger partial charge in [0.2, 0.25) is 0 Å². The average molecular weight is 265 g/mol. The Hall–Kier alpha value is -2.11. The summed E-state index contributed by atoms with van der Waals surface area (Å²) in [5.74, 6) is -0.478. The van der Waals surface area contributed by atoms with Crippen LogP contribution in [0.5, 0.6) is 0 Å². The van der Waals surface area contributed by atoms with E-state index in [-0.39, 0.29) is 6.54 Å². The second kappa shape index (κ2) is 6.17. The molecule has 0 atom stereocenters. The molecule has 0 unspecified atom stereocenters. The normalized spacial score (nSPS) is 10.7. The number of hydrogen-bond acceptors (Lipinski definition) is 4. The van der Waals surface area contributed by atoms with Crippen molar-refractivity contribution in [1.82, 2.24) is 10.3 Å². The van der Waals surface area contributed by atoms with Gasteiger partial charge in [0, 0.05) is 18.1 Å². The number of urea groups is 1. The van der Waals surface area contributed by atoms with Crippen LogP contribution in [-0.2, 0) is 9.53 Å². The van der Waals surface area contributed by atoms with Crippen LogP contribution in [-0.4, -0.2) is 29.1 Å². The number of nitrogens with zero attached hydrogens (tertiary/aromatic N) is 1. The molecule has 6 heteroatoms. The van der Waals surface area contributed by atoms with Crippen molar-refractivity contribution in [2.45, 2.75) is 33.3 Å². The summed E-state index contributed by atoms with van der Waals surface area (Å²) in [6, 6.07) is 1.22. The largest absolute Gasteiger partial charge is 0.459 e. The molecule has 104 valence electrons. The zero-order valence-corrected chi connectivity index (χ0v) is 11.6. The number of carbonyl (C=O) groups is 2. The summed E-state index contributed by atoms with van der Waals surface area (Å²) in [4.78, 5) is 26.9. The van der Waals surface area contributed by atoms with Crippen LogP contribution in [0.3, 0.4) is 0 Å². The maximum Gasteiger partial charge on any atom is 0.325 e. The molecule has 0 bridgehead atoms. The maximum absolute atomic E-state index is 11.6. The minimum absolute atomic E-state index is 0.173. The van der Waals surface area contributed by atoms with E-state index in [4.69, 9.17) is 4.74 Å². The number of esters is 1. The summed E-state index contributed by atoms with van der Waals surface area (Å²) < 4.78 is 5.07. The molecule has 0 aromatic carbocycles. The summed E-state index contributed by atoms with van der Waals surface area (Å²) in [6.45, 7) is 6.96. The molecular formula is C13H19N3O3. The van der Waals surface area contributed by atoms with Gasteiger partial charge in [-0.2, -0.15) is 0 Å². The Balaban J connectivity index is 2.41. The molecule has 1 rings (SSSR count). The number of rotatable bonds is 3. The van der Waals surface area contributed by atoms with Crippen molar-refractivity contribution in [3.63, 3.8) is 0 Å². The van der Waals surface area contributed by atoms with E-state index in [1.807, 2.05) is 6.92 Å². The van der Waals surface area contributed by atoms with Crippen molar-refractivity contribution in [1.29, 1.82) is 0 Å². The van der Waals surface area contributed by atoms with Crippen LogP contribution >= 0.6 is 0 Å². The lowest BCUT2D eigenvalue weighted by atomic mass is 10.2. The van der Waals surface area contributed by atoms with Crippen LogP contribution in [0.15, 0.2) is 18.5 Å². The van der Waals surface area contributed by atoms with Gasteiger partial charge in [-0.15, -0.1) is 0 Å². The number of nitrogens with one attached hydrogen (secondary N) is 2. The van der Waals surface area contributed by atoms with Crippen LogP contribution in [0.4, 0.5) is 10.5 Å². The Kier molecular flexibility index (Phi) is 4.86. The monoisotopic (exact) mass is 265 g/mol. The van der Waals surface area contributed by atoms with E-state index in [0.29, 0.717) is 5.69 Å². The predicted octanol–water partition coefficient (Wildman–Crippen LogP) is 1.85. The maximum atomic E-state index is 11.6. The van der Waals surface area contributed by atoms with Crippen molar-refractivity contribution in [3.05, 3.63) is 24.0 Å². The second-order valence-corrected chi connectivity index (χ2v) is 5.08. The van der Waals surface area contributed by atoms with Crippen LogP contribution in [0.2, 0.25) is 0 Å². The van der Waals surface area contributed by atoms with Gasteiger partial charge in [-0.05, 0) is 39.3 Å². The fourth-order valence-electron chi connectivity index (χ4n) is 1.31. The van der Waals surface area contributed by atoms with Crippen molar-refractivity contribution < 1.29 is 14.3 Å². The van der Waals surface area contributed by atoms with Crippen LogP contribution in [0.25, 0.3) is 0 Å². The molecule has 0 aliphatic heterocycles. The Morgan fingerprint density at radius 1 is 1.37 bits per heavy atom. The predicted molar refractivity (Wildman–Crippen MR) is 71.8 cm³/mol. The van der Waals surface area contributed by atoms with Crippen molar-refractivity contribution in [3.8, 4) is 0 Å². The van der Waals surface area contributed by atoms with Crippen LogP contribution in [0, 0.1) is 6.92 Å². The molecule has 2 amide bonds. The van der Waals surface area contributed by atoms with Gasteiger partial charge in [-0.25, -0.2) is 4.79 Å². The highest BCUT2D eigenvalue weighted by Gasteiger charge is 2.16. The van der Waals surface area contributed by atoms with Gasteiger partial charge >= 0.3 is 12.0 Å². The summed E-state index contributed by atoms with van der Waals surface area (Å²) in [5, 5.41) is 5.07. The second-order valence-electron chi connectivity index (χ2n) is 5.08. The molecule has 0 aliphatic carbocycles.